The van der Waals surface area contributed by atoms with E-state index in [0.717, 1.165) is 15.7 Å². The van der Waals surface area contributed by atoms with Crippen LogP contribution in [0.25, 0.3) is 0 Å². The second-order valence-corrected chi connectivity index (χ2v) is 5.41. The molecule has 0 aliphatic carbocycles. The van der Waals surface area contributed by atoms with Crippen LogP contribution in [0.2, 0.25) is 0 Å². The molecule has 0 aliphatic heterocycles. The molecule has 2 rings (SSSR count). The maximum Gasteiger partial charge on any atom is 0.166 e. The second kappa shape index (κ2) is 6.34. The number of nitrogen functional groups attached to an aromatic ring is 1. The lowest BCUT2D eigenvalue weighted by molar-refractivity contribution is 0.298. The Balaban J connectivity index is 2.27. The fourth-order valence-electron chi connectivity index (χ4n) is 1.87. The molecule has 0 fully saturated rings. The van der Waals surface area contributed by atoms with Crippen molar-refractivity contribution in [3.63, 3.8) is 0 Å². The Bertz CT molecular complexity index is 635. The maximum absolute atomic E-state index is 13.8. The number of pyridine rings is 1. The molecular formula is C14H13F2IN2O. The van der Waals surface area contributed by atoms with E-state index in [2.05, 4.69) is 27.6 Å². The van der Waals surface area contributed by atoms with Gasteiger partial charge in [-0.3, -0.25) is 0 Å². The van der Waals surface area contributed by atoms with E-state index in [1.54, 1.807) is 19.2 Å². The first-order valence-electron chi connectivity index (χ1n) is 6.02. The van der Waals surface area contributed by atoms with E-state index in [0.29, 0.717) is 17.7 Å². The Morgan fingerprint density at radius 2 is 1.90 bits per heavy atom. The normalized spacial score (nSPS) is 10.6. The molecule has 1 aromatic carbocycles. The van der Waals surface area contributed by atoms with Gasteiger partial charge >= 0.3 is 0 Å². The minimum Gasteiger partial charge on any atom is -0.485 e. The van der Waals surface area contributed by atoms with Crippen LogP contribution in [0.1, 0.15) is 18.1 Å². The van der Waals surface area contributed by atoms with Gasteiger partial charge in [0.15, 0.2) is 11.6 Å². The van der Waals surface area contributed by atoms with Gasteiger partial charge in [0, 0.05) is 15.3 Å². The fraction of sp³-hybridized carbons (Fsp3) is 0.214. The molecule has 0 atom stereocenters. The van der Waals surface area contributed by atoms with Crippen LogP contribution in [0.3, 0.4) is 0 Å². The summed E-state index contributed by atoms with van der Waals surface area (Å²) >= 11 is 2.07. The molecule has 106 valence electrons. The summed E-state index contributed by atoms with van der Waals surface area (Å²) in [6.45, 7) is 1.68. The average Bonchev–Trinajstić information content (AvgIpc) is 2.43. The summed E-state index contributed by atoms with van der Waals surface area (Å²) in [7, 11) is 0. The van der Waals surface area contributed by atoms with Gasteiger partial charge in [0.05, 0.1) is 0 Å². The molecule has 0 saturated heterocycles. The topological polar surface area (TPSA) is 48.1 Å². The molecule has 0 spiro atoms. The zero-order valence-corrected chi connectivity index (χ0v) is 12.9. The molecule has 0 bridgehead atoms. The predicted octanol–water partition coefficient (Wildman–Crippen LogP) is 3.69. The Morgan fingerprint density at radius 1 is 1.25 bits per heavy atom. The van der Waals surface area contributed by atoms with E-state index in [-0.39, 0.29) is 18.0 Å². The third-order valence-electron chi connectivity index (χ3n) is 2.89. The summed E-state index contributed by atoms with van der Waals surface area (Å²) in [5, 5.41) is 0. The van der Waals surface area contributed by atoms with Gasteiger partial charge in [-0.15, -0.1) is 0 Å². The first-order valence-corrected chi connectivity index (χ1v) is 7.10. The average molecular weight is 390 g/mol. The Hall–Kier alpha value is -1.44. The van der Waals surface area contributed by atoms with Gasteiger partial charge in [0.1, 0.15) is 18.2 Å². The molecule has 0 aliphatic rings. The highest BCUT2D eigenvalue weighted by atomic mass is 127. The zero-order chi connectivity index (χ0) is 14.7. The first-order chi connectivity index (χ1) is 9.52. The van der Waals surface area contributed by atoms with Crippen LogP contribution in [-0.2, 0) is 13.0 Å². The smallest absolute Gasteiger partial charge is 0.166 e. The number of ether oxygens (including phenoxy) is 1. The molecule has 2 aromatic rings. The van der Waals surface area contributed by atoms with Gasteiger partial charge in [-0.25, -0.2) is 13.8 Å². The summed E-state index contributed by atoms with van der Waals surface area (Å²) in [6.07, 6.45) is 1.99. The van der Waals surface area contributed by atoms with E-state index in [1.165, 1.54) is 0 Å². The third kappa shape index (κ3) is 3.17. The highest BCUT2D eigenvalue weighted by Gasteiger charge is 2.14. The molecule has 1 heterocycles. The molecule has 2 N–H and O–H groups in total. The fourth-order valence-corrected chi connectivity index (χ4v) is 2.29. The van der Waals surface area contributed by atoms with Gasteiger partial charge in [-0.2, -0.15) is 0 Å². The van der Waals surface area contributed by atoms with Crippen LogP contribution in [0, 0.1) is 15.2 Å². The van der Waals surface area contributed by atoms with Crippen LogP contribution in [0.4, 0.5) is 14.6 Å². The SMILES string of the molecule is CCc1c(F)ccc(F)c1COc1cc(I)cnc1N. The van der Waals surface area contributed by atoms with Crippen molar-refractivity contribution < 1.29 is 13.5 Å². The van der Waals surface area contributed by atoms with Gasteiger partial charge in [0.25, 0.3) is 0 Å². The van der Waals surface area contributed by atoms with Crippen molar-refractivity contribution in [2.75, 3.05) is 5.73 Å². The Morgan fingerprint density at radius 3 is 2.55 bits per heavy atom. The number of nitrogens with two attached hydrogens (primary N) is 1. The van der Waals surface area contributed by atoms with Crippen molar-refractivity contribution >= 4 is 28.4 Å². The summed E-state index contributed by atoms with van der Waals surface area (Å²) < 4.78 is 33.8. The lowest BCUT2D eigenvalue weighted by Gasteiger charge is -2.13. The van der Waals surface area contributed by atoms with Crippen LogP contribution in [0.5, 0.6) is 5.75 Å². The van der Waals surface area contributed by atoms with Crippen LogP contribution < -0.4 is 10.5 Å². The van der Waals surface area contributed by atoms with E-state index >= 15 is 0 Å². The largest absolute Gasteiger partial charge is 0.485 e. The number of hydrogen-bond donors (Lipinski definition) is 1. The van der Waals surface area contributed by atoms with Crippen molar-refractivity contribution in [1.29, 1.82) is 0 Å². The molecule has 6 heteroatoms. The van der Waals surface area contributed by atoms with E-state index in [4.69, 9.17) is 10.5 Å². The lowest BCUT2D eigenvalue weighted by Crippen LogP contribution is -2.07. The highest BCUT2D eigenvalue weighted by Crippen LogP contribution is 2.24. The summed E-state index contributed by atoms with van der Waals surface area (Å²) in [6, 6.07) is 3.92. The zero-order valence-electron chi connectivity index (χ0n) is 10.8. The predicted molar refractivity (Wildman–Crippen MR) is 81.4 cm³/mol. The van der Waals surface area contributed by atoms with Crippen molar-refractivity contribution in [2.45, 2.75) is 20.0 Å². The number of anilines is 1. The standard InChI is InChI=1S/C14H13F2IN2O/c1-2-9-10(12(16)4-3-11(9)15)7-20-13-5-8(17)6-19-14(13)18/h3-6H,2,7H2,1H3,(H2,18,19). The highest BCUT2D eigenvalue weighted by molar-refractivity contribution is 14.1. The Labute approximate surface area is 129 Å². The number of aromatic nitrogens is 1. The van der Waals surface area contributed by atoms with Gasteiger partial charge in [-0.1, -0.05) is 6.92 Å². The molecule has 0 unspecified atom stereocenters. The van der Waals surface area contributed by atoms with Gasteiger partial charge < -0.3 is 10.5 Å². The number of benzene rings is 1. The molecule has 1 aromatic heterocycles. The van der Waals surface area contributed by atoms with E-state index in [1.807, 2.05) is 0 Å². The molecule has 20 heavy (non-hydrogen) atoms. The number of halogens is 3. The van der Waals surface area contributed by atoms with Crippen LogP contribution in [-0.4, -0.2) is 4.98 Å². The van der Waals surface area contributed by atoms with Crippen LogP contribution in [0.15, 0.2) is 24.4 Å². The van der Waals surface area contributed by atoms with Gasteiger partial charge in [0.2, 0.25) is 0 Å². The van der Waals surface area contributed by atoms with E-state index in [9.17, 15) is 8.78 Å². The van der Waals surface area contributed by atoms with Crippen molar-refractivity contribution in [1.82, 2.24) is 4.98 Å². The molecular weight excluding hydrogens is 377 g/mol. The molecule has 0 saturated carbocycles. The monoisotopic (exact) mass is 390 g/mol. The third-order valence-corrected chi connectivity index (χ3v) is 3.48. The first kappa shape index (κ1) is 15.0. The maximum atomic E-state index is 13.8. The number of rotatable bonds is 4. The second-order valence-electron chi connectivity index (χ2n) is 4.17. The molecule has 0 radical (unpaired) electrons. The van der Waals surface area contributed by atoms with Gasteiger partial charge in [-0.05, 0) is 52.8 Å². The van der Waals surface area contributed by atoms with E-state index < -0.39 is 11.6 Å². The molecule has 3 nitrogen and oxygen atoms in total. The Kier molecular flexibility index (Phi) is 4.74. The van der Waals surface area contributed by atoms with Crippen LogP contribution >= 0.6 is 22.6 Å². The summed E-state index contributed by atoms with van der Waals surface area (Å²) in [4.78, 5) is 3.95. The molecule has 0 amide bonds. The number of nitrogens with zero attached hydrogens (tertiary/aromatic N) is 1. The van der Waals surface area contributed by atoms with Crippen molar-refractivity contribution in [3.05, 3.63) is 50.7 Å². The summed E-state index contributed by atoms with van der Waals surface area (Å²) in [5.41, 5.74) is 6.22. The quantitative estimate of drug-likeness (QED) is 0.811. The number of hydrogen-bond acceptors (Lipinski definition) is 3. The summed E-state index contributed by atoms with van der Waals surface area (Å²) in [5.74, 6) is -0.329. The minimum absolute atomic E-state index is 0.0846. The van der Waals surface area contributed by atoms with Crippen molar-refractivity contribution in [3.8, 4) is 5.75 Å². The minimum atomic E-state index is -0.486. The van der Waals surface area contributed by atoms with Crippen molar-refractivity contribution in [2.24, 2.45) is 0 Å². The lowest BCUT2D eigenvalue weighted by atomic mass is 10.0.